The Morgan fingerprint density at radius 2 is 1.92 bits per heavy atom. The van der Waals surface area contributed by atoms with Crippen molar-refractivity contribution in [1.29, 1.82) is 0 Å². The first-order valence-corrected chi connectivity index (χ1v) is 7.53. The summed E-state index contributed by atoms with van der Waals surface area (Å²) in [6, 6.07) is 2.94. The van der Waals surface area contributed by atoms with E-state index in [0.29, 0.717) is 0 Å². The van der Waals surface area contributed by atoms with Crippen molar-refractivity contribution in [3.05, 3.63) is 29.8 Å². The summed E-state index contributed by atoms with van der Waals surface area (Å²) in [5, 5.41) is 21.6. The Balaban J connectivity index is 3.27. The average molecular weight is 361 g/mol. The molecule has 2 amide bonds. The Morgan fingerprint density at radius 3 is 2.36 bits per heavy atom. The molecule has 0 aliphatic rings. The number of amides is 2. The minimum absolute atomic E-state index is 0.0844. The van der Waals surface area contributed by atoms with Crippen LogP contribution in [0.4, 0.5) is 18.9 Å². The number of rotatable bonds is 6. The SMILES string of the molecule is CC(=O)N(c1cccc(C(F)(F)F)c1)C(C(=O)NCC([O-])O)C(C)C. The molecular formula is C16H20F3N2O4-. The molecule has 0 bridgehead atoms. The van der Waals surface area contributed by atoms with Crippen LogP contribution in [0, 0.1) is 5.92 Å². The summed E-state index contributed by atoms with van der Waals surface area (Å²) in [4.78, 5) is 25.3. The largest absolute Gasteiger partial charge is 0.830 e. The zero-order valence-electron chi connectivity index (χ0n) is 14.0. The molecule has 9 heteroatoms. The highest BCUT2D eigenvalue weighted by Crippen LogP contribution is 2.32. The number of hydrogen-bond donors (Lipinski definition) is 2. The average Bonchev–Trinajstić information content (AvgIpc) is 2.48. The number of nitrogens with zero attached hydrogens (tertiary/aromatic N) is 1. The first-order valence-electron chi connectivity index (χ1n) is 7.53. The van der Waals surface area contributed by atoms with Crippen molar-refractivity contribution < 1.29 is 33.0 Å². The van der Waals surface area contributed by atoms with Gasteiger partial charge < -0.3 is 15.5 Å². The quantitative estimate of drug-likeness (QED) is 0.736. The van der Waals surface area contributed by atoms with Crippen LogP contribution in [-0.2, 0) is 15.8 Å². The van der Waals surface area contributed by atoms with E-state index in [1.165, 1.54) is 6.07 Å². The Morgan fingerprint density at radius 1 is 1.32 bits per heavy atom. The van der Waals surface area contributed by atoms with Crippen molar-refractivity contribution in [3.8, 4) is 0 Å². The maximum atomic E-state index is 12.9. The van der Waals surface area contributed by atoms with Crippen molar-refractivity contribution in [2.45, 2.75) is 39.3 Å². The summed E-state index contributed by atoms with van der Waals surface area (Å²) < 4.78 is 38.7. The number of aliphatic hydroxyl groups excluding tert-OH is 1. The van der Waals surface area contributed by atoms with Crippen LogP contribution in [-0.4, -0.2) is 35.8 Å². The lowest BCUT2D eigenvalue weighted by molar-refractivity contribution is -0.478. The molecule has 0 aliphatic carbocycles. The van der Waals surface area contributed by atoms with E-state index < -0.39 is 48.3 Å². The van der Waals surface area contributed by atoms with Gasteiger partial charge in [0.15, 0.2) is 0 Å². The third-order valence-electron chi connectivity index (χ3n) is 3.42. The molecule has 0 spiro atoms. The molecule has 2 N–H and O–H groups in total. The number of hydrogen-bond acceptors (Lipinski definition) is 4. The summed E-state index contributed by atoms with van der Waals surface area (Å²) in [5.74, 6) is -1.82. The summed E-state index contributed by atoms with van der Waals surface area (Å²) in [7, 11) is 0. The molecule has 0 saturated carbocycles. The fourth-order valence-corrected chi connectivity index (χ4v) is 2.38. The van der Waals surface area contributed by atoms with Gasteiger partial charge in [0.05, 0.1) is 5.56 Å². The van der Waals surface area contributed by atoms with Crippen LogP contribution in [0.1, 0.15) is 26.3 Å². The first-order chi connectivity index (χ1) is 11.4. The topological polar surface area (TPSA) is 92.7 Å². The van der Waals surface area contributed by atoms with Crippen molar-refractivity contribution >= 4 is 17.5 Å². The third-order valence-corrected chi connectivity index (χ3v) is 3.42. The summed E-state index contributed by atoms with van der Waals surface area (Å²) in [5.41, 5.74) is -1.03. The Bertz CT molecular complexity index is 618. The van der Waals surface area contributed by atoms with Crippen molar-refractivity contribution in [2.75, 3.05) is 11.4 Å². The van der Waals surface area contributed by atoms with E-state index in [1.54, 1.807) is 13.8 Å². The maximum absolute atomic E-state index is 12.9. The van der Waals surface area contributed by atoms with Crippen molar-refractivity contribution in [1.82, 2.24) is 5.32 Å². The fourth-order valence-electron chi connectivity index (χ4n) is 2.38. The molecule has 2 unspecified atom stereocenters. The molecule has 1 aromatic rings. The number of halogens is 3. The molecule has 0 saturated heterocycles. The second-order valence-corrected chi connectivity index (χ2v) is 5.83. The number of nitrogens with one attached hydrogen (secondary N) is 1. The molecule has 0 aliphatic heterocycles. The third kappa shape index (κ3) is 5.71. The minimum atomic E-state index is -4.60. The Kier molecular flexibility index (Phi) is 6.95. The van der Waals surface area contributed by atoms with Crippen LogP contribution >= 0.6 is 0 Å². The second kappa shape index (κ2) is 8.30. The molecular weight excluding hydrogens is 341 g/mol. The fraction of sp³-hybridized carbons (Fsp3) is 0.500. The van der Waals surface area contributed by atoms with Crippen LogP contribution in [0.15, 0.2) is 24.3 Å². The van der Waals surface area contributed by atoms with Gasteiger partial charge in [-0.3, -0.25) is 14.5 Å². The van der Waals surface area contributed by atoms with E-state index >= 15 is 0 Å². The monoisotopic (exact) mass is 361 g/mol. The molecule has 1 rings (SSSR count). The standard InChI is InChI=1S/C16H20F3N2O4/c1-9(2)14(15(25)20-8-13(23)24)21(10(3)22)12-6-4-5-11(7-12)16(17,18)19/h4-7,9,13-14,23H,8H2,1-3H3,(H,20,25)/q-1. The van der Waals surface area contributed by atoms with Crippen LogP contribution in [0.25, 0.3) is 0 Å². The van der Waals surface area contributed by atoms with Gasteiger partial charge >= 0.3 is 6.18 Å². The van der Waals surface area contributed by atoms with Crippen molar-refractivity contribution in [3.63, 3.8) is 0 Å². The first kappa shape index (κ1) is 20.9. The normalized spacial score (nSPS) is 14.1. The number of carbonyl (C=O) groups is 2. The van der Waals surface area contributed by atoms with Gasteiger partial charge in [0.2, 0.25) is 11.8 Å². The van der Waals surface area contributed by atoms with Crippen LogP contribution < -0.4 is 15.3 Å². The molecule has 2 atom stereocenters. The summed E-state index contributed by atoms with van der Waals surface area (Å²) in [6.07, 6.45) is -6.63. The van der Waals surface area contributed by atoms with Crippen LogP contribution in [0.3, 0.4) is 0 Å². The molecule has 1 aromatic carbocycles. The Labute approximate surface area is 143 Å². The van der Waals surface area contributed by atoms with Crippen LogP contribution in [0.2, 0.25) is 0 Å². The van der Waals surface area contributed by atoms with Gasteiger partial charge in [0, 0.05) is 19.2 Å². The predicted molar refractivity (Wildman–Crippen MR) is 82.2 cm³/mol. The minimum Gasteiger partial charge on any atom is -0.830 e. The number of alkyl halides is 3. The number of benzene rings is 1. The maximum Gasteiger partial charge on any atom is 0.416 e. The van der Waals surface area contributed by atoms with Gasteiger partial charge in [0.25, 0.3) is 0 Å². The lowest BCUT2D eigenvalue weighted by Crippen LogP contribution is -2.54. The smallest absolute Gasteiger partial charge is 0.416 e. The highest BCUT2D eigenvalue weighted by atomic mass is 19.4. The van der Waals surface area contributed by atoms with Gasteiger partial charge in [-0.25, -0.2) is 0 Å². The Hall–Kier alpha value is -2.13. The second-order valence-electron chi connectivity index (χ2n) is 5.83. The van der Waals surface area contributed by atoms with E-state index in [0.717, 1.165) is 30.0 Å². The zero-order valence-corrected chi connectivity index (χ0v) is 14.0. The van der Waals surface area contributed by atoms with E-state index in [2.05, 4.69) is 5.32 Å². The number of carbonyl (C=O) groups excluding carboxylic acids is 2. The molecule has 6 nitrogen and oxygen atoms in total. The van der Waals surface area contributed by atoms with E-state index in [1.807, 2.05) is 0 Å². The number of anilines is 1. The van der Waals surface area contributed by atoms with Crippen LogP contribution in [0.5, 0.6) is 0 Å². The lowest BCUT2D eigenvalue weighted by Gasteiger charge is -2.33. The molecule has 25 heavy (non-hydrogen) atoms. The van der Waals surface area contributed by atoms with E-state index in [9.17, 15) is 27.9 Å². The number of aliphatic hydroxyl groups is 1. The molecule has 0 radical (unpaired) electrons. The van der Waals surface area contributed by atoms with Crippen molar-refractivity contribution in [2.24, 2.45) is 5.92 Å². The zero-order chi connectivity index (χ0) is 19.4. The summed E-state index contributed by atoms with van der Waals surface area (Å²) in [6.45, 7) is 3.78. The van der Waals surface area contributed by atoms with Gasteiger partial charge in [0.1, 0.15) is 6.04 Å². The van der Waals surface area contributed by atoms with E-state index in [-0.39, 0.29) is 5.69 Å². The predicted octanol–water partition coefficient (Wildman–Crippen LogP) is 0.878. The molecule has 0 heterocycles. The lowest BCUT2D eigenvalue weighted by atomic mass is 10.00. The van der Waals surface area contributed by atoms with Gasteiger partial charge in [-0.15, -0.1) is 0 Å². The summed E-state index contributed by atoms with van der Waals surface area (Å²) >= 11 is 0. The molecule has 0 fully saturated rings. The van der Waals surface area contributed by atoms with Gasteiger partial charge in [-0.1, -0.05) is 19.9 Å². The van der Waals surface area contributed by atoms with Gasteiger partial charge in [-0.2, -0.15) is 13.2 Å². The van der Waals surface area contributed by atoms with E-state index in [4.69, 9.17) is 5.11 Å². The highest BCUT2D eigenvalue weighted by molar-refractivity contribution is 5.99. The molecule has 140 valence electrons. The molecule has 0 aromatic heterocycles. The van der Waals surface area contributed by atoms with Gasteiger partial charge in [-0.05, 0) is 30.4 Å². The highest BCUT2D eigenvalue weighted by Gasteiger charge is 2.35.